The van der Waals surface area contributed by atoms with E-state index in [-0.39, 0.29) is 5.56 Å². The lowest BCUT2D eigenvalue weighted by molar-refractivity contribution is 0.298. The minimum absolute atomic E-state index is 0.283. The lowest BCUT2D eigenvalue weighted by Gasteiger charge is -2.37. The van der Waals surface area contributed by atoms with E-state index in [9.17, 15) is 27.0 Å². The van der Waals surface area contributed by atoms with Gasteiger partial charge in [-0.3, -0.25) is 0 Å². The largest absolute Gasteiger partial charge is 0.598 e. The fraction of sp³-hybridized carbons (Fsp3) is 0.588. The molecule has 0 spiro atoms. The third kappa shape index (κ3) is 5.41. The number of nitriles is 1. The summed E-state index contributed by atoms with van der Waals surface area (Å²) in [7, 11) is -4.23. The standard InChI is InChI=1S/C17H23BrF2N2O3S2/c1-15(2,3)26(23)22-17(9-19,11-27(24,25)16(4,5)10-21)13-8-12(18)6-7-14(13)20/h6-8,22H,9,11H2,1-5H3. The van der Waals surface area contributed by atoms with Gasteiger partial charge in [0.25, 0.3) is 0 Å². The van der Waals surface area contributed by atoms with Crippen molar-refractivity contribution in [3.05, 3.63) is 34.1 Å². The van der Waals surface area contributed by atoms with Crippen molar-refractivity contribution in [2.75, 3.05) is 12.4 Å². The molecular formula is C17H23BrF2N2O3S2. The van der Waals surface area contributed by atoms with Crippen molar-refractivity contribution in [1.29, 1.82) is 5.26 Å². The number of alkyl halides is 1. The van der Waals surface area contributed by atoms with Crippen LogP contribution in [-0.2, 0) is 26.7 Å². The number of halogens is 3. The van der Waals surface area contributed by atoms with E-state index in [0.29, 0.717) is 4.47 Å². The average Bonchev–Trinajstić information content (AvgIpc) is 2.54. The first-order valence-electron chi connectivity index (χ1n) is 7.97. The van der Waals surface area contributed by atoms with Gasteiger partial charge in [0.05, 0.1) is 11.8 Å². The summed E-state index contributed by atoms with van der Waals surface area (Å²) in [6.45, 7) is 5.87. The molecular weight excluding hydrogens is 462 g/mol. The second-order valence-corrected chi connectivity index (χ2v) is 13.1. The first-order valence-corrected chi connectivity index (χ1v) is 11.6. The van der Waals surface area contributed by atoms with Crippen molar-refractivity contribution in [3.8, 4) is 6.07 Å². The molecule has 5 nitrogen and oxygen atoms in total. The Morgan fingerprint density at radius 1 is 1.30 bits per heavy atom. The van der Waals surface area contributed by atoms with Crippen LogP contribution in [0.5, 0.6) is 0 Å². The van der Waals surface area contributed by atoms with Crippen molar-refractivity contribution in [2.45, 2.75) is 49.7 Å². The Bertz CT molecular complexity index is 836. The molecule has 152 valence electrons. The molecule has 2 atom stereocenters. The number of nitrogens with one attached hydrogen (secondary N) is 1. The summed E-state index contributed by atoms with van der Waals surface area (Å²) in [5, 5.41) is 9.19. The summed E-state index contributed by atoms with van der Waals surface area (Å²) in [5.74, 6) is -1.79. The van der Waals surface area contributed by atoms with Crippen LogP contribution in [0.3, 0.4) is 0 Å². The second-order valence-electron chi connectivity index (χ2n) is 7.70. The van der Waals surface area contributed by atoms with E-state index >= 15 is 0 Å². The molecule has 10 heteroatoms. The molecule has 0 aliphatic carbocycles. The van der Waals surface area contributed by atoms with Crippen molar-refractivity contribution in [3.63, 3.8) is 0 Å². The summed E-state index contributed by atoms with van der Waals surface area (Å²) in [6, 6.07) is 5.37. The van der Waals surface area contributed by atoms with E-state index in [1.807, 2.05) is 0 Å². The number of sulfone groups is 1. The van der Waals surface area contributed by atoms with Crippen LogP contribution in [0.4, 0.5) is 8.78 Å². The van der Waals surface area contributed by atoms with E-state index in [4.69, 9.17) is 0 Å². The lowest BCUT2D eigenvalue weighted by atomic mass is 9.94. The zero-order chi connectivity index (χ0) is 21.3. The molecule has 0 aliphatic rings. The van der Waals surface area contributed by atoms with Gasteiger partial charge in [0.15, 0.2) is 14.6 Å². The Hall–Kier alpha value is -0.730. The van der Waals surface area contributed by atoms with Crippen molar-refractivity contribution in [2.24, 2.45) is 0 Å². The van der Waals surface area contributed by atoms with Crippen LogP contribution in [0.15, 0.2) is 22.7 Å². The van der Waals surface area contributed by atoms with E-state index < -0.39 is 54.5 Å². The Labute approximate surface area is 170 Å². The molecule has 1 aromatic rings. The van der Waals surface area contributed by atoms with E-state index in [2.05, 4.69) is 20.7 Å². The third-order valence-electron chi connectivity index (χ3n) is 4.00. The van der Waals surface area contributed by atoms with Crippen LogP contribution in [0, 0.1) is 17.1 Å². The topological polar surface area (TPSA) is 93.0 Å². The summed E-state index contributed by atoms with van der Waals surface area (Å²) in [5.41, 5.74) is -2.41. The molecule has 0 aliphatic heterocycles. The van der Waals surface area contributed by atoms with Gasteiger partial charge in [0.1, 0.15) is 22.8 Å². The molecule has 0 saturated heterocycles. The number of rotatable bonds is 7. The highest BCUT2D eigenvalue weighted by atomic mass is 79.9. The van der Waals surface area contributed by atoms with Crippen LogP contribution in [0.1, 0.15) is 40.2 Å². The number of nitrogens with zero attached hydrogens (tertiary/aromatic N) is 1. The van der Waals surface area contributed by atoms with Gasteiger partial charge in [-0.25, -0.2) is 17.2 Å². The quantitative estimate of drug-likeness (QED) is 0.597. The van der Waals surface area contributed by atoms with Crippen molar-refractivity contribution in [1.82, 2.24) is 4.72 Å². The monoisotopic (exact) mass is 484 g/mol. The minimum Gasteiger partial charge on any atom is -0.598 e. The molecule has 2 unspecified atom stereocenters. The lowest BCUT2D eigenvalue weighted by Crippen LogP contribution is -2.58. The normalized spacial score (nSPS) is 16.4. The van der Waals surface area contributed by atoms with Gasteiger partial charge in [-0.05, 0) is 52.8 Å². The van der Waals surface area contributed by atoms with Gasteiger partial charge >= 0.3 is 0 Å². The van der Waals surface area contributed by atoms with Crippen LogP contribution < -0.4 is 4.72 Å². The van der Waals surface area contributed by atoms with Crippen LogP contribution >= 0.6 is 15.9 Å². The van der Waals surface area contributed by atoms with E-state index in [0.717, 1.165) is 6.07 Å². The number of benzene rings is 1. The van der Waals surface area contributed by atoms with Gasteiger partial charge in [0, 0.05) is 21.4 Å². The van der Waals surface area contributed by atoms with Crippen molar-refractivity contribution >= 4 is 37.1 Å². The Kier molecular flexibility index (Phi) is 7.50. The van der Waals surface area contributed by atoms with Gasteiger partial charge in [-0.2, -0.15) is 5.26 Å². The zero-order valence-electron chi connectivity index (χ0n) is 15.8. The first-order chi connectivity index (χ1) is 12.1. The molecule has 27 heavy (non-hydrogen) atoms. The molecule has 0 fully saturated rings. The first kappa shape index (κ1) is 24.3. The zero-order valence-corrected chi connectivity index (χ0v) is 19.0. The maximum Gasteiger partial charge on any atom is 0.171 e. The highest BCUT2D eigenvalue weighted by Crippen LogP contribution is 2.34. The fourth-order valence-corrected chi connectivity index (χ4v) is 4.87. The number of hydrogen-bond donors (Lipinski definition) is 1. The molecule has 1 N–H and O–H groups in total. The maximum atomic E-state index is 14.6. The molecule has 1 aromatic carbocycles. The SMILES string of the molecule is CC(C)(C)[S+]([O-])NC(CF)(CS(=O)(=O)C(C)(C)C#N)c1cc(Br)ccc1F. The fourth-order valence-electron chi connectivity index (χ4n) is 2.07. The Morgan fingerprint density at radius 3 is 2.30 bits per heavy atom. The van der Waals surface area contributed by atoms with Gasteiger partial charge in [0.2, 0.25) is 0 Å². The molecule has 1 rings (SSSR count). The van der Waals surface area contributed by atoms with Crippen LogP contribution in [-0.4, -0.2) is 34.9 Å². The van der Waals surface area contributed by atoms with Gasteiger partial charge in [-0.1, -0.05) is 15.9 Å². The summed E-state index contributed by atoms with van der Waals surface area (Å²) < 4.78 is 67.4. The Balaban J connectivity index is 3.66. The predicted octanol–water partition coefficient (Wildman–Crippen LogP) is 3.52. The molecule has 0 saturated carbocycles. The second kappa shape index (κ2) is 8.33. The minimum atomic E-state index is -4.23. The number of hydrogen-bond acceptors (Lipinski definition) is 5. The highest BCUT2D eigenvalue weighted by molar-refractivity contribution is 9.10. The van der Waals surface area contributed by atoms with Crippen LogP contribution in [0.2, 0.25) is 0 Å². The highest BCUT2D eigenvalue weighted by Gasteiger charge is 2.49. The maximum absolute atomic E-state index is 14.6. The molecule has 0 radical (unpaired) electrons. The van der Waals surface area contributed by atoms with Gasteiger partial charge < -0.3 is 4.55 Å². The van der Waals surface area contributed by atoms with E-state index in [1.54, 1.807) is 26.8 Å². The molecule has 0 amide bonds. The predicted molar refractivity (Wildman–Crippen MR) is 106 cm³/mol. The van der Waals surface area contributed by atoms with Gasteiger partial charge in [-0.15, -0.1) is 4.72 Å². The van der Waals surface area contributed by atoms with Crippen molar-refractivity contribution < 1.29 is 21.8 Å². The summed E-state index contributed by atoms with van der Waals surface area (Å²) >= 11 is 1.26. The smallest absolute Gasteiger partial charge is 0.171 e. The third-order valence-corrected chi connectivity index (χ3v) is 8.70. The summed E-state index contributed by atoms with van der Waals surface area (Å²) in [4.78, 5) is 0. The summed E-state index contributed by atoms with van der Waals surface area (Å²) in [6.07, 6.45) is 0. The Morgan fingerprint density at radius 2 is 1.85 bits per heavy atom. The average molecular weight is 485 g/mol. The molecule has 0 bridgehead atoms. The van der Waals surface area contributed by atoms with Crippen LogP contribution in [0.25, 0.3) is 0 Å². The molecule has 0 aromatic heterocycles. The van der Waals surface area contributed by atoms with E-state index in [1.165, 1.54) is 26.0 Å². The molecule has 0 heterocycles.